The molecule has 0 bridgehead atoms. The van der Waals surface area contributed by atoms with Gasteiger partial charge in [-0.25, -0.2) is 13.2 Å². The van der Waals surface area contributed by atoms with E-state index in [9.17, 15) is 13.2 Å². The first-order chi connectivity index (χ1) is 7.31. The Balaban J connectivity index is 3.98. The number of rotatable bonds is 6. The zero-order chi connectivity index (χ0) is 12.8. The van der Waals surface area contributed by atoms with E-state index in [4.69, 9.17) is 10.00 Å². The van der Waals surface area contributed by atoms with Gasteiger partial charge in [0.1, 0.15) is 5.25 Å². The van der Waals surface area contributed by atoms with E-state index in [1.807, 2.05) is 0 Å². The van der Waals surface area contributed by atoms with Crippen LogP contribution in [0, 0.1) is 11.3 Å². The van der Waals surface area contributed by atoms with Crippen molar-refractivity contribution in [2.24, 2.45) is 0 Å². The Labute approximate surface area is 95.6 Å². The molecule has 0 N–H and O–H groups in total. The van der Waals surface area contributed by atoms with Crippen molar-refractivity contribution in [3.05, 3.63) is 12.2 Å². The van der Waals surface area contributed by atoms with Crippen molar-refractivity contribution in [2.45, 2.75) is 25.5 Å². The Morgan fingerprint density at radius 1 is 1.56 bits per heavy atom. The molecule has 16 heavy (non-hydrogen) atoms. The minimum Gasteiger partial charge on any atom is -0.462 e. The lowest BCUT2D eigenvalue weighted by Crippen LogP contribution is -2.20. The molecule has 0 rings (SSSR count). The third kappa shape index (κ3) is 4.94. The van der Waals surface area contributed by atoms with Crippen LogP contribution in [0.4, 0.5) is 0 Å². The molecular formula is C10H15NO4S. The largest absolute Gasteiger partial charge is 0.462 e. The number of nitrogens with zero attached hydrogens (tertiary/aromatic N) is 1. The van der Waals surface area contributed by atoms with Gasteiger partial charge in [-0.05, 0) is 20.3 Å². The fraction of sp³-hybridized carbons (Fsp3) is 0.600. The summed E-state index contributed by atoms with van der Waals surface area (Å²) in [6.07, 6.45) is 0.188. The standard InChI is InChI=1S/C10H15NO4S/c1-8(2)10(12)15-5-4-6-16(13,14)9(3)7-11/h9H,1,4-6H2,2-3H3. The average Bonchev–Trinajstić information content (AvgIpc) is 2.22. The Kier molecular flexibility index (Phi) is 5.75. The Bertz CT molecular complexity index is 405. The van der Waals surface area contributed by atoms with Gasteiger partial charge in [0.15, 0.2) is 9.84 Å². The van der Waals surface area contributed by atoms with Gasteiger partial charge in [0.05, 0.1) is 18.4 Å². The average molecular weight is 245 g/mol. The second-order valence-electron chi connectivity index (χ2n) is 3.41. The van der Waals surface area contributed by atoms with E-state index in [2.05, 4.69) is 6.58 Å². The highest BCUT2D eigenvalue weighted by Gasteiger charge is 2.19. The topological polar surface area (TPSA) is 84.2 Å². The summed E-state index contributed by atoms with van der Waals surface area (Å²) in [7, 11) is -3.40. The van der Waals surface area contributed by atoms with Gasteiger partial charge in [0.25, 0.3) is 0 Å². The molecule has 0 fully saturated rings. The zero-order valence-corrected chi connectivity index (χ0v) is 10.2. The van der Waals surface area contributed by atoms with E-state index in [-0.39, 0.29) is 24.4 Å². The number of carbonyl (C=O) groups is 1. The molecule has 0 aromatic carbocycles. The molecule has 0 aliphatic heterocycles. The molecule has 0 saturated carbocycles. The fourth-order valence-corrected chi connectivity index (χ4v) is 1.84. The van der Waals surface area contributed by atoms with Crippen molar-refractivity contribution in [3.63, 3.8) is 0 Å². The molecule has 0 saturated heterocycles. The Morgan fingerprint density at radius 3 is 2.56 bits per heavy atom. The quantitative estimate of drug-likeness (QED) is 0.393. The highest BCUT2D eigenvalue weighted by Crippen LogP contribution is 2.03. The van der Waals surface area contributed by atoms with E-state index in [1.54, 1.807) is 6.07 Å². The maximum atomic E-state index is 11.4. The molecule has 6 heteroatoms. The fourth-order valence-electron chi connectivity index (χ4n) is 0.805. The summed E-state index contributed by atoms with van der Waals surface area (Å²) in [6.45, 7) is 6.24. The van der Waals surface area contributed by atoms with Crippen molar-refractivity contribution >= 4 is 15.8 Å². The van der Waals surface area contributed by atoms with E-state index in [0.29, 0.717) is 0 Å². The summed E-state index contributed by atoms with van der Waals surface area (Å²) in [5.41, 5.74) is 0.272. The predicted molar refractivity (Wildman–Crippen MR) is 59.3 cm³/mol. The van der Waals surface area contributed by atoms with Crippen LogP contribution in [0.1, 0.15) is 20.3 Å². The number of ether oxygens (including phenoxy) is 1. The summed E-state index contributed by atoms with van der Waals surface area (Å²) < 4.78 is 27.4. The molecule has 0 aliphatic carbocycles. The Morgan fingerprint density at radius 2 is 2.12 bits per heavy atom. The summed E-state index contributed by atoms with van der Waals surface area (Å²) >= 11 is 0. The number of sulfone groups is 1. The Hall–Kier alpha value is -1.35. The van der Waals surface area contributed by atoms with E-state index in [0.717, 1.165) is 0 Å². The maximum Gasteiger partial charge on any atom is 0.333 e. The van der Waals surface area contributed by atoms with E-state index < -0.39 is 21.1 Å². The van der Waals surface area contributed by atoms with Crippen LogP contribution in [0.3, 0.4) is 0 Å². The van der Waals surface area contributed by atoms with Gasteiger partial charge in [-0.2, -0.15) is 5.26 Å². The maximum absolute atomic E-state index is 11.4. The molecule has 0 aromatic rings. The second kappa shape index (κ2) is 6.28. The lowest BCUT2D eigenvalue weighted by atomic mass is 10.4. The smallest absolute Gasteiger partial charge is 0.333 e. The van der Waals surface area contributed by atoms with Gasteiger partial charge < -0.3 is 4.74 Å². The first-order valence-electron chi connectivity index (χ1n) is 4.75. The third-order valence-corrected chi connectivity index (χ3v) is 3.92. The van der Waals surface area contributed by atoms with Crippen LogP contribution < -0.4 is 0 Å². The van der Waals surface area contributed by atoms with Crippen LogP contribution in [0.15, 0.2) is 12.2 Å². The SMILES string of the molecule is C=C(C)C(=O)OCCCS(=O)(=O)C(C)C#N. The van der Waals surface area contributed by atoms with Crippen LogP contribution in [0.25, 0.3) is 0 Å². The molecule has 0 aromatic heterocycles. The van der Waals surface area contributed by atoms with Gasteiger partial charge in [-0.15, -0.1) is 0 Å². The van der Waals surface area contributed by atoms with Crippen LogP contribution in [0.5, 0.6) is 0 Å². The highest BCUT2D eigenvalue weighted by molar-refractivity contribution is 7.92. The molecular weight excluding hydrogens is 230 g/mol. The van der Waals surface area contributed by atoms with Crippen molar-refractivity contribution in [1.29, 1.82) is 5.26 Å². The van der Waals surface area contributed by atoms with Gasteiger partial charge in [-0.3, -0.25) is 0 Å². The van der Waals surface area contributed by atoms with Crippen molar-refractivity contribution in [3.8, 4) is 6.07 Å². The van der Waals surface area contributed by atoms with Crippen LogP contribution in [0.2, 0.25) is 0 Å². The first-order valence-corrected chi connectivity index (χ1v) is 6.46. The van der Waals surface area contributed by atoms with Gasteiger partial charge in [0.2, 0.25) is 0 Å². The number of esters is 1. The molecule has 0 amide bonds. The van der Waals surface area contributed by atoms with Crippen LogP contribution in [-0.4, -0.2) is 32.0 Å². The second-order valence-corrected chi connectivity index (χ2v) is 5.85. The monoisotopic (exact) mass is 245 g/mol. The van der Waals surface area contributed by atoms with Crippen LogP contribution in [-0.2, 0) is 19.4 Å². The van der Waals surface area contributed by atoms with Crippen LogP contribution >= 0.6 is 0 Å². The lowest BCUT2D eigenvalue weighted by molar-refractivity contribution is -0.138. The number of hydrogen-bond acceptors (Lipinski definition) is 5. The van der Waals surface area contributed by atoms with E-state index >= 15 is 0 Å². The van der Waals surface area contributed by atoms with Crippen molar-refractivity contribution in [1.82, 2.24) is 0 Å². The van der Waals surface area contributed by atoms with E-state index in [1.165, 1.54) is 13.8 Å². The highest BCUT2D eigenvalue weighted by atomic mass is 32.2. The molecule has 1 unspecified atom stereocenters. The first kappa shape index (κ1) is 14.6. The summed E-state index contributed by atoms with van der Waals surface area (Å²) in [5.74, 6) is -0.698. The lowest BCUT2D eigenvalue weighted by Gasteiger charge is -2.06. The molecule has 0 heterocycles. The molecule has 5 nitrogen and oxygen atoms in total. The molecule has 0 radical (unpaired) electrons. The normalized spacial score (nSPS) is 12.6. The minimum absolute atomic E-state index is 0.0169. The number of hydrogen-bond donors (Lipinski definition) is 0. The molecule has 0 spiro atoms. The van der Waals surface area contributed by atoms with Gasteiger partial charge in [-0.1, -0.05) is 6.58 Å². The number of nitriles is 1. The van der Waals surface area contributed by atoms with Gasteiger partial charge in [0, 0.05) is 5.57 Å². The molecule has 0 aliphatic rings. The molecule has 1 atom stereocenters. The number of carbonyl (C=O) groups excluding carboxylic acids is 1. The molecule has 90 valence electrons. The van der Waals surface area contributed by atoms with Crippen molar-refractivity contribution in [2.75, 3.05) is 12.4 Å². The predicted octanol–water partition coefficient (Wildman–Crippen LogP) is 0.823. The third-order valence-electron chi connectivity index (χ3n) is 1.88. The van der Waals surface area contributed by atoms with Gasteiger partial charge >= 0.3 is 5.97 Å². The van der Waals surface area contributed by atoms with Crippen molar-refractivity contribution < 1.29 is 17.9 Å². The zero-order valence-electron chi connectivity index (χ0n) is 9.39. The summed E-state index contributed by atoms with van der Waals surface area (Å²) in [5, 5.41) is 7.44. The minimum atomic E-state index is -3.40. The summed E-state index contributed by atoms with van der Waals surface area (Å²) in [4.78, 5) is 10.9. The summed E-state index contributed by atoms with van der Waals surface area (Å²) in [6, 6.07) is 1.66.